The van der Waals surface area contributed by atoms with E-state index in [9.17, 15) is 9.59 Å². The van der Waals surface area contributed by atoms with Gasteiger partial charge in [-0.15, -0.1) is 36.2 Å². The number of hydrogen-bond donors (Lipinski definition) is 3. The quantitative estimate of drug-likeness (QED) is 0.772. The Morgan fingerprint density at radius 3 is 2.76 bits per heavy atom. The molecule has 2 heterocycles. The summed E-state index contributed by atoms with van der Waals surface area (Å²) in [4.78, 5) is 27.0. The molecule has 3 N–H and O–H groups in total. The van der Waals surface area contributed by atoms with E-state index in [4.69, 9.17) is 0 Å². The van der Waals surface area contributed by atoms with Gasteiger partial charge in [0.1, 0.15) is 5.69 Å². The Morgan fingerprint density at radius 1 is 1.43 bits per heavy atom. The number of carbonyl (C=O) groups excluding carboxylic acids is 2. The fourth-order valence-corrected chi connectivity index (χ4v) is 2.81. The largest absolute Gasteiger partial charge is 0.346 e. The highest BCUT2D eigenvalue weighted by atomic mass is 35.5. The van der Waals surface area contributed by atoms with Crippen LogP contribution in [-0.2, 0) is 4.79 Å². The van der Waals surface area contributed by atoms with E-state index < -0.39 is 0 Å². The Hall–Kier alpha value is -0.890. The maximum Gasteiger partial charge on any atom is 0.271 e. The summed E-state index contributed by atoms with van der Waals surface area (Å²) in [5.41, 5.74) is 0.353. The molecule has 1 aromatic heterocycles. The monoisotopic (exact) mass is 354 g/mol. The van der Waals surface area contributed by atoms with Crippen LogP contribution in [0.1, 0.15) is 37.2 Å². The second kappa shape index (κ2) is 9.19. The number of halogens is 2. The van der Waals surface area contributed by atoms with Crippen molar-refractivity contribution in [3.05, 3.63) is 11.1 Å². The molecular formula is C12H20Cl2N4O2S. The van der Waals surface area contributed by atoms with Crippen LogP contribution >= 0.6 is 36.2 Å². The third-order valence-corrected chi connectivity index (χ3v) is 3.86. The van der Waals surface area contributed by atoms with Gasteiger partial charge < -0.3 is 16.0 Å². The molecule has 0 aliphatic carbocycles. The number of hydrogen-bond acceptors (Lipinski definition) is 5. The minimum Gasteiger partial charge on any atom is -0.346 e. The van der Waals surface area contributed by atoms with Gasteiger partial charge in [-0.3, -0.25) is 9.59 Å². The topological polar surface area (TPSA) is 83.1 Å². The minimum atomic E-state index is -0.189. The average molecular weight is 355 g/mol. The lowest BCUT2D eigenvalue weighted by atomic mass is 10.00. The standard InChI is InChI=1S/C12H18N4O2S.2ClH/c1-7-9(4-3-5-13-7)15-11(18)10-6-19-12(16-10)14-8(2)17;;/h6-7,9,13H,3-5H2,1-2H3,(H,15,18)(H,14,16,17);2*1H. The molecule has 0 aromatic carbocycles. The molecule has 0 saturated carbocycles. The Labute approximate surface area is 140 Å². The molecule has 2 unspecified atom stereocenters. The number of nitrogens with zero attached hydrogens (tertiary/aromatic N) is 1. The number of rotatable bonds is 3. The predicted molar refractivity (Wildman–Crippen MR) is 88.9 cm³/mol. The van der Waals surface area contributed by atoms with Crippen LogP contribution in [-0.4, -0.2) is 35.4 Å². The van der Waals surface area contributed by atoms with Gasteiger partial charge in [-0.05, 0) is 26.3 Å². The van der Waals surface area contributed by atoms with Crippen molar-refractivity contribution >= 4 is 53.1 Å². The fraction of sp³-hybridized carbons (Fsp3) is 0.583. The van der Waals surface area contributed by atoms with Crippen molar-refractivity contribution in [1.82, 2.24) is 15.6 Å². The van der Waals surface area contributed by atoms with Gasteiger partial charge in [-0.25, -0.2) is 4.98 Å². The van der Waals surface area contributed by atoms with Gasteiger partial charge in [0.25, 0.3) is 5.91 Å². The SMILES string of the molecule is CC(=O)Nc1nc(C(=O)NC2CCCNC2C)cs1.Cl.Cl. The van der Waals surface area contributed by atoms with Gasteiger partial charge in [0.15, 0.2) is 5.13 Å². The molecule has 2 atom stereocenters. The van der Waals surface area contributed by atoms with Crippen molar-refractivity contribution < 1.29 is 9.59 Å². The highest BCUT2D eigenvalue weighted by molar-refractivity contribution is 7.14. The molecule has 1 fully saturated rings. The summed E-state index contributed by atoms with van der Waals surface area (Å²) < 4.78 is 0. The van der Waals surface area contributed by atoms with Gasteiger partial charge in [-0.2, -0.15) is 0 Å². The Bertz CT molecular complexity index is 484. The fourth-order valence-electron chi connectivity index (χ4n) is 2.07. The van der Waals surface area contributed by atoms with Gasteiger partial charge in [0, 0.05) is 24.4 Å². The molecule has 0 radical (unpaired) electrons. The first-order valence-electron chi connectivity index (χ1n) is 6.33. The van der Waals surface area contributed by atoms with E-state index in [0.29, 0.717) is 10.8 Å². The second-order valence-electron chi connectivity index (χ2n) is 4.68. The van der Waals surface area contributed by atoms with Gasteiger partial charge >= 0.3 is 0 Å². The zero-order valence-electron chi connectivity index (χ0n) is 11.8. The second-order valence-corrected chi connectivity index (χ2v) is 5.54. The maximum absolute atomic E-state index is 12.1. The molecule has 120 valence electrons. The molecule has 9 heteroatoms. The number of aromatic nitrogens is 1. The van der Waals surface area contributed by atoms with Crippen molar-refractivity contribution in [3.63, 3.8) is 0 Å². The van der Waals surface area contributed by atoms with Crippen LogP contribution in [0.25, 0.3) is 0 Å². The van der Waals surface area contributed by atoms with Crippen molar-refractivity contribution in [2.75, 3.05) is 11.9 Å². The van der Waals surface area contributed by atoms with Gasteiger partial charge in [0.2, 0.25) is 5.91 Å². The van der Waals surface area contributed by atoms with Gasteiger partial charge in [0.05, 0.1) is 0 Å². The molecule has 2 rings (SSSR count). The first kappa shape index (κ1) is 20.1. The molecule has 1 aliphatic heterocycles. The smallest absolute Gasteiger partial charge is 0.271 e. The number of carbonyl (C=O) groups is 2. The van der Waals surface area contributed by atoms with Crippen LogP contribution < -0.4 is 16.0 Å². The zero-order valence-corrected chi connectivity index (χ0v) is 14.3. The molecule has 0 bridgehead atoms. The summed E-state index contributed by atoms with van der Waals surface area (Å²) >= 11 is 1.25. The molecule has 2 amide bonds. The van der Waals surface area contributed by atoms with E-state index in [1.54, 1.807) is 5.38 Å². The molecule has 21 heavy (non-hydrogen) atoms. The lowest BCUT2D eigenvalue weighted by Gasteiger charge is -2.30. The molecule has 1 saturated heterocycles. The van der Waals surface area contributed by atoms with E-state index in [1.165, 1.54) is 18.3 Å². The van der Waals surface area contributed by atoms with E-state index >= 15 is 0 Å². The van der Waals surface area contributed by atoms with E-state index in [0.717, 1.165) is 19.4 Å². The Kier molecular flexibility index (Phi) is 8.80. The lowest BCUT2D eigenvalue weighted by Crippen LogP contribution is -2.51. The van der Waals surface area contributed by atoms with Gasteiger partial charge in [-0.1, -0.05) is 0 Å². The molecule has 1 aliphatic rings. The molecular weight excluding hydrogens is 335 g/mol. The summed E-state index contributed by atoms with van der Waals surface area (Å²) in [6.45, 7) is 4.47. The zero-order chi connectivity index (χ0) is 13.8. The summed E-state index contributed by atoms with van der Waals surface area (Å²) in [6, 6.07) is 0.401. The first-order valence-corrected chi connectivity index (χ1v) is 7.21. The highest BCUT2D eigenvalue weighted by Crippen LogP contribution is 2.16. The number of anilines is 1. The number of piperidine rings is 1. The molecule has 1 aromatic rings. The number of amides is 2. The summed E-state index contributed by atoms with van der Waals surface area (Å²) in [6.07, 6.45) is 2.03. The normalized spacial score (nSPS) is 20.7. The van der Waals surface area contributed by atoms with Crippen LogP contribution in [0.5, 0.6) is 0 Å². The minimum absolute atomic E-state index is 0. The summed E-state index contributed by atoms with van der Waals surface area (Å²) in [5, 5.41) is 11.0. The van der Waals surface area contributed by atoms with Crippen LogP contribution in [0.3, 0.4) is 0 Å². The summed E-state index contributed by atoms with van der Waals surface area (Å²) in [5.74, 6) is -0.375. The third kappa shape index (κ3) is 5.78. The summed E-state index contributed by atoms with van der Waals surface area (Å²) in [7, 11) is 0. The third-order valence-electron chi connectivity index (χ3n) is 3.10. The van der Waals surface area contributed by atoms with E-state index in [1.807, 2.05) is 0 Å². The van der Waals surface area contributed by atoms with Crippen molar-refractivity contribution in [2.24, 2.45) is 0 Å². The van der Waals surface area contributed by atoms with Crippen LogP contribution in [0.15, 0.2) is 5.38 Å². The van der Waals surface area contributed by atoms with Crippen LogP contribution in [0, 0.1) is 0 Å². The predicted octanol–water partition coefficient (Wildman–Crippen LogP) is 1.82. The maximum atomic E-state index is 12.1. The molecule has 0 spiro atoms. The Morgan fingerprint density at radius 2 is 2.14 bits per heavy atom. The van der Waals surface area contributed by atoms with Crippen molar-refractivity contribution in [2.45, 2.75) is 38.8 Å². The van der Waals surface area contributed by atoms with Crippen molar-refractivity contribution in [1.29, 1.82) is 0 Å². The molecule has 6 nitrogen and oxygen atoms in total. The number of thiazole rings is 1. The van der Waals surface area contributed by atoms with Crippen molar-refractivity contribution in [3.8, 4) is 0 Å². The number of nitrogens with one attached hydrogen (secondary N) is 3. The van der Waals surface area contributed by atoms with E-state index in [2.05, 4.69) is 27.9 Å². The first-order chi connectivity index (χ1) is 9.06. The average Bonchev–Trinajstić information content (AvgIpc) is 2.79. The lowest BCUT2D eigenvalue weighted by molar-refractivity contribution is -0.114. The van der Waals surface area contributed by atoms with E-state index in [-0.39, 0.29) is 48.7 Å². The van der Waals surface area contributed by atoms with Crippen LogP contribution in [0.2, 0.25) is 0 Å². The highest BCUT2D eigenvalue weighted by Gasteiger charge is 2.23. The van der Waals surface area contributed by atoms with Crippen LogP contribution in [0.4, 0.5) is 5.13 Å². The Balaban J connectivity index is 0.00000200.